The number of methoxy groups -OCH3 is 1. The number of carbonyl (C=O) groups excluding carboxylic acids is 1. The smallest absolute Gasteiger partial charge is 0.237 e. The van der Waals surface area contributed by atoms with Crippen molar-refractivity contribution < 1.29 is 9.53 Å². The number of aromatic nitrogens is 4. The van der Waals surface area contributed by atoms with Crippen LogP contribution in [0.1, 0.15) is 13.3 Å². The molecule has 0 spiro atoms. The molecule has 3 aromatic rings. The van der Waals surface area contributed by atoms with Crippen LogP contribution in [0.15, 0.2) is 58.6 Å². The number of benzene rings is 2. The van der Waals surface area contributed by atoms with Crippen LogP contribution in [0, 0.1) is 0 Å². The van der Waals surface area contributed by atoms with Gasteiger partial charge in [0.1, 0.15) is 11.4 Å². The molecule has 0 aliphatic carbocycles. The molecule has 0 fully saturated rings. The van der Waals surface area contributed by atoms with Gasteiger partial charge < -0.3 is 9.64 Å². The van der Waals surface area contributed by atoms with Gasteiger partial charge in [-0.05, 0) is 41.1 Å². The van der Waals surface area contributed by atoms with Gasteiger partial charge in [-0.2, -0.15) is 4.68 Å². The van der Waals surface area contributed by atoms with E-state index < -0.39 is 0 Å². The average Bonchev–Trinajstić information content (AvgIpc) is 3.14. The molecule has 9 heteroatoms. The molecule has 0 N–H and O–H groups in total. The molecule has 0 saturated carbocycles. The number of tetrazole rings is 1. The molecule has 4 rings (SSSR count). The van der Waals surface area contributed by atoms with Crippen molar-refractivity contribution in [3.05, 3.63) is 48.5 Å². The normalized spacial score (nSPS) is 16.2. The molecule has 0 bridgehead atoms. The lowest BCUT2D eigenvalue weighted by atomic mass is 10.2. The SMILES string of the molecule is COc1ccccc1-n1nnnc1SCC(=O)N1CC[C@H](C)Sc2ccccc21. The monoisotopic (exact) mass is 427 g/mol. The Kier molecular flexibility index (Phi) is 6.05. The number of ether oxygens (including phenoxy) is 1. The van der Waals surface area contributed by atoms with Crippen LogP contribution in [0.5, 0.6) is 5.75 Å². The van der Waals surface area contributed by atoms with Crippen LogP contribution in [0.2, 0.25) is 0 Å². The van der Waals surface area contributed by atoms with Gasteiger partial charge in [0, 0.05) is 16.7 Å². The third-order valence-electron chi connectivity index (χ3n) is 4.62. The van der Waals surface area contributed by atoms with Crippen LogP contribution in [0.25, 0.3) is 5.69 Å². The maximum absolute atomic E-state index is 13.1. The molecular weight excluding hydrogens is 406 g/mol. The van der Waals surface area contributed by atoms with Crippen LogP contribution in [-0.4, -0.2) is 50.8 Å². The zero-order valence-electron chi connectivity index (χ0n) is 16.2. The Morgan fingerprint density at radius 3 is 2.79 bits per heavy atom. The van der Waals surface area contributed by atoms with Crippen molar-refractivity contribution in [1.29, 1.82) is 0 Å². The molecule has 1 atom stereocenters. The summed E-state index contributed by atoms with van der Waals surface area (Å²) < 4.78 is 7.01. The predicted octanol–water partition coefficient (Wildman–Crippen LogP) is 3.68. The van der Waals surface area contributed by atoms with Crippen molar-refractivity contribution in [2.75, 3.05) is 24.3 Å². The highest BCUT2D eigenvalue weighted by atomic mass is 32.2. The number of amides is 1. The molecule has 2 aromatic carbocycles. The van der Waals surface area contributed by atoms with Crippen molar-refractivity contribution in [3.63, 3.8) is 0 Å². The Labute approximate surface area is 177 Å². The Bertz CT molecular complexity index is 1010. The van der Waals surface area contributed by atoms with Gasteiger partial charge in [-0.3, -0.25) is 4.79 Å². The fraction of sp³-hybridized carbons (Fsp3) is 0.300. The molecule has 150 valence electrons. The first-order chi connectivity index (χ1) is 14.2. The highest BCUT2D eigenvalue weighted by Gasteiger charge is 2.25. The zero-order chi connectivity index (χ0) is 20.2. The van der Waals surface area contributed by atoms with Crippen molar-refractivity contribution in [2.24, 2.45) is 0 Å². The van der Waals surface area contributed by atoms with E-state index in [1.54, 1.807) is 11.8 Å². The summed E-state index contributed by atoms with van der Waals surface area (Å²) >= 11 is 3.15. The van der Waals surface area contributed by atoms with Crippen molar-refractivity contribution in [3.8, 4) is 11.4 Å². The molecule has 29 heavy (non-hydrogen) atoms. The molecule has 0 saturated heterocycles. The number of fused-ring (bicyclic) bond motifs is 1. The third kappa shape index (κ3) is 4.25. The molecule has 7 nitrogen and oxygen atoms in total. The van der Waals surface area contributed by atoms with E-state index >= 15 is 0 Å². The summed E-state index contributed by atoms with van der Waals surface area (Å²) in [6.45, 7) is 2.91. The summed E-state index contributed by atoms with van der Waals surface area (Å²) in [4.78, 5) is 16.1. The molecule has 0 radical (unpaired) electrons. The lowest BCUT2D eigenvalue weighted by molar-refractivity contribution is -0.116. The second-order valence-corrected chi connectivity index (χ2v) is 8.99. The first kappa shape index (κ1) is 19.8. The molecular formula is C20H21N5O2S2. The Balaban J connectivity index is 1.52. The summed E-state index contributed by atoms with van der Waals surface area (Å²) in [6, 6.07) is 15.6. The van der Waals surface area contributed by atoms with E-state index in [9.17, 15) is 4.79 Å². The minimum atomic E-state index is 0.0479. The van der Waals surface area contributed by atoms with E-state index in [2.05, 4.69) is 28.5 Å². The van der Waals surface area contributed by atoms with Crippen LogP contribution in [-0.2, 0) is 4.79 Å². The van der Waals surface area contributed by atoms with Gasteiger partial charge in [0.15, 0.2) is 0 Å². The van der Waals surface area contributed by atoms with Crippen LogP contribution in [0.3, 0.4) is 0 Å². The lowest BCUT2D eigenvalue weighted by Crippen LogP contribution is -2.33. The van der Waals surface area contributed by atoms with Gasteiger partial charge in [0.05, 0.1) is 18.6 Å². The van der Waals surface area contributed by atoms with Crippen molar-refractivity contribution in [2.45, 2.75) is 28.6 Å². The first-order valence-corrected chi connectivity index (χ1v) is 11.1. The van der Waals surface area contributed by atoms with Crippen LogP contribution < -0.4 is 9.64 Å². The van der Waals surface area contributed by atoms with Gasteiger partial charge in [0.25, 0.3) is 0 Å². The van der Waals surface area contributed by atoms with E-state index in [0.29, 0.717) is 22.7 Å². The largest absolute Gasteiger partial charge is 0.494 e. The standard InChI is InChI=1S/C20H21N5O2S2/c1-14-11-12-24(16-8-4-6-10-18(16)29-14)19(26)13-28-20-21-22-23-25(20)15-7-3-5-9-17(15)27-2/h3-10,14H,11-13H2,1-2H3/t14-/m0/s1. The first-order valence-electron chi connectivity index (χ1n) is 9.28. The summed E-state index contributed by atoms with van der Waals surface area (Å²) in [5, 5.41) is 13.0. The molecule has 1 aromatic heterocycles. The van der Waals surface area contributed by atoms with Gasteiger partial charge in [-0.15, -0.1) is 16.9 Å². The quantitative estimate of drug-likeness (QED) is 0.575. The van der Waals surface area contributed by atoms with Gasteiger partial charge in [0.2, 0.25) is 11.1 Å². The van der Waals surface area contributed by atoms with E-state index in [1.807, 2.05) is 59.1 Å². The second kappa shape index (κ2) is 8.87. The van der Waals surface area contributed by atoms with Crippen molar-refractivity contribution in [1.82, 2.24) is 20.2 Å². The Hall–Kier alpha value is -2.52. The summed E-state index contributed by atoms with van der Waals surface area (Å²) in [5.41, 5.74) is 1.72. The fourth-order valence-electron chi connectivity index (χ4n) is 3.17. The maximum Gasteiger partial charge on any atom is 0.237 e. The zero-order valence-corrected chi connectivity index (χ0v) is 17.8. The molecule has 1 aliphatic heterocycles. The molecule has 1 amide bonds. The number of hydrogen-bond acceptors (Lipinski definition) is 7. The third-order valence-corrected chi connectivity index (χ3v) is 6.76. The number of rotatable bonds is 5. The minimum Gasteiger partial charge on any atom is -0.494 e. The minimum absolute atomic E-state index is 0.0479. The van der Waals surface area contributed by atoms with E-state index in [-0.39, 0.29) is 11.7 Å². The summed E-state index contributed by atoms with van der Waals surface area (Å²) in [7, 11) is 1.61. The van der Waals surface area contributed by atoms with E-state index in [1.165, 1.54) is 11.8 Å². The number of hydrogen-bond donors (Lipinski definition) is 0. The summed E-state index contributed by atoms with van der Waals surface area (Å²) in [6.07, 6.45) is 0.953. The maximum atomic E-state index is 13.1. The van der Waals surface area contributed by atoms with Crippen LogP contribution >= 0.6 is 23.5 Å². The summed E-state index contributed by atoms with van der Waals surface area (Å²) in [5.74, 6) is 0.968. The van der Waals surface area contributed by atoms with Crippen molar-refractivity contribution >= 4 is 35.1 Å². The fourth-order valence-corrected chi connectivity index (χ4v) is 5.05. The topological polar surface area (TPSA) is 73.1 Å². The van der Waals surface area contributed by atoms with E-state index in [0.717, 1.165) is 22.7 Å². The average molecular weight is 428 g/mol. The number of nitrogens with zero attached hydrogens (tertiary/aromatic N) is 5. The van der Waals surface area contributed by atoms with Gasteiger partial charge >= 0.3 is 0 Å². The number of para-hydroxylation sites is 3. The molecule has 2 heterocycles. The highest BCUT2D eigenvalue weighted by molar-refractivity contribution is 8.00. The lowest BCUT2D eigenvalue weighted by Gasteiger charge is -2.22. The van der Waals surface area contributed by atoms with E-state index in [4.69, 9.17) is 4.74 Å². The Morgan fingerprint density at radius 1 is 1.21 bits per heavy atom. The number of anilines is 1. The second-order valence-electron chi connectivity index (χ2n) is 6.56. The predicted molar refractivity (Wildman–Crippen MR) is 115 cm³/mol. The molecule has 1 aliphatic rings. The van der Waals surface area contributed by atoms with Crippen LogP contribution in [0.4, 0.5) is 5.69 Å². The number of carbonyl (C=O) groups is 1. The van der Waals surface area contributed by atoms with Gasteiger partial charge in [-0.25, -0.2) is 0 Å². The highest BCUT2D eigenvalue weighted by Crippen LogP contribution is 2.37. The molecule has 0 unspecified atom stereocenters. The number of thioether (sulfide) groups is 2. The van der Waals surface area contributed by atoms with Gasteiger partial charge in [-0.1, -0.05) is 43.0 Å². The Morgan fingerprint density at radius 2 is 1.97 bits per heavy atom.